The lowest BCUT2D eigenvalue weighted by molar-refractivity contribution is 0.271. The van der Waals surface area contributed by atoms with E-state index in [1.807, 2.05) is 18.2 Å². The molecule has 0 bridgehead atoms. The van der Waals surface area contributed by atoms with E-state index in [4.69, 9.17) is 4.99 Å². The summed E-state index contributed by atoms with van der Waals surface area (Å²) in [6.07, 6.45) is 3.87. The second-order valence-corrected chi connectivity index (χ2v) is 7.13. The molecule has 0 radical (unpaired) electrons. The van der Waals surface area contributed by atoms with Crippen molar-refractivity contribution in [1.29, 1.82) is 0 Å². The van der Waals surface area contributed by atoms with Crippen LogP contribution in [0.25, 0.3) is 0 Å². The van der Waals surface area contributed by atoms with Crippen LogP contribution >= 0.6 is 24.0 Å². The summed E-state index contributed by atoms with van der Waals surface area (Å²) in [5, 5.41) is 10.7. The summed E-state index contributed by atoms with van der Waals surface area (Å²) in [7, 11) is 0. The van der Waals surface area contributed by atoms with Crippen LogP contribution in [0.5, 0.6) is 0 Å². The van der Waals surface area contributed by atoms with Crippen molar-refractivity contribution in [3.63, 3.8) is 0 Å². The second-order valence-electron chi connectivity index (χ2n) is 7.13. The zero-order valence-electron chi connectivity index (χ0n) is 18.1. The first-order valence-corrected chi connectivity index (χ1v) is 10.4. The minimum absolute atomic E-state index is 0. The fourth-order valence-electron chi connectivity index (χ4n) is 3.29. The summed E-state index contributed by atoms with van der Waals surface area (Å²) in [6.45, 7) is 11.0. The van der Waals surface area contributed by atoms with Gasteiger partial charge < -0.3 is 16.0 Å². The molecule has 0 aliphatic heterocycles. The van der Waals surface area contributed by atoms with Crippen LogP contribution in [-0.2, 0) is 6.54 Å². The van der Waals surface area contributed by atoms with Crippen LogP contribution in [0.1, 0.15) is 57.8 Å². The van der Waals surface area contributed by atoms with E-state index < -0.39 is 0 Å². The van der Waals surface area contributed by atoms with Gasteiger partial charge in [0.15, 0.2) is 5.96 Å². The molecule has 2 rings (SSSR count). The number of nitrogens with one attached hydrogen (secondary N) is 3. The number of aliphatic imine (C=N–C) groups is 1. The van der Waals surface area contributed by atoms with Crippen molar-refractivity contribution >= 4 is 29.9 Å². The van der Waals surface area contributed by atoms with Crippen LogP contribution in [0.15, 0.2) is 59.7 Å². The van der Waals surface area contributed by atoms with Crippen molar-refractivity contribution in [1.82, 2.24) is 20.9 Å². The molecular formula is C23H36IN5. The van der Waals surface area contributed by atoms with Crippen molar-refractivity contribution in [2.75, 3.05) is 13.1 Å². The molecule has 29 heavy (non-hydrogen) atoms. The van der Waals surface area contributed by atoms with Gasteiger partial charge in [-0.3, -0.25) is 4.98 Å². The number of hydrogen-bond donors (Lipinski definition) is 3. The fraction of sp³-hybridized carbons (Fsp3) is 0.478. The number of halogens is 1. The Bertz CT molecular complexity index is 702. The van der Waals surface area contributed by atoms with Gasteiger partial charge in [-0.1, -0.05) is 50.2 Å². The van der Waals surface area contributed by atoms with Gasteiger partial charge >= 0.3 is 0 Å². The molecule has 0 amide bonds. The van der Waals surface area contributed by atoms with E-state index >= 15 is 0 Å². The maximum atomic E-state index is 4.70. The summed E-state index contributed by atoms with van der Waals surface area (Å²) >= 11 is 0. The van der Waals surface area contributed by atoms with Gasteiger partial charge in [-0.2, -0.15) is 0 Å². The number of nitrogens with zero attached hydrogens (tertiary/aromatic N) is 2. The average molecular weight is 509 g/mol. The molecule has 0 aliphatic carbocycles. The Morgan fingerprint density at radius 3 is 2.28 bits per heavy atom. The molecule has 3 N–H and O–H groups in total. The van der Waals surface area contributed by atoms with Crippen LogP contribution in [0.4, 0.5) is 0 Å². The number of hydrogen-bond acceptors (Lipinski definition) is 3. The van der Waals surface area contributed by atoms with E-state index in [0.717, 1.165) is 37.6 Å². The van der Waals surface area contributed by atoms with Crippen LogP contribution in [0.2, 0.25) is 0 Å². The average Bonchev–Trinajstić information content (AvgIpc) is 2.76. The largest absolute Gasteiger partial charge is 0.357 e. The number of guanidine groups is 1. The van der Waals surface area contributed by atoms with Gasteiger partial charge in [-0.05, 0) is 44.4 Å². The molecular weight excluding hydrogens is 473 g/mol. The molecule has 1 aromatic heterocycles. The molecule has 1 aromatic carbocycles. The van der Waals surface area contributed by atoms with Gasteiger partial charge in [0.05, 0.1) is 12.2 Å². The van der Waals surface area contributed by atoms with E-state index in [2.05, 4.69) is 79.0 Å². The Kier molecular flexibility index (Phi) is 11.8. The lowest BCUT2D eigenvalue weighted by Gasteiger charge is -2.37. The monoisotopic (exact) mass is 509 g/mol. The van der Waals surface area contributed by atoms with E-state index in [1.165, 1.54) is 5.56 Å². The topological polar surface area (TPSA) is 61.3 Å². The predicted molar refractivity (Wildman–Crippen MR) is 134 cm³/mol. The highest BCUT2D eigenvalue weighted by atomic mass is 127. The predicted octanol–water partition coefficient (Wildman–Crippen LogP) is 4.66. The van der Waals surface area contributed by atoms with Crippen molar-refractivity contribution < 1.29 is 0 Å². The molecule has 0 aliphatic rings. The van der Waals surface area contributed by atoms with Crippen LogP contribution < -0.4 is 16.0 Å². The lowest BCUT2D eigenvalue weighted by atomic mass is 9.90. The van der Waals surface area contributed by atoms with Gasteiger partial charge in [0.1, 0.15) is 0 Å². The van der Waals surface area contributed by atoms with Crippen LogP contribution in [0.3, 0.4) is 0 Å². The number of aromatic nitrogens is 1. The third-order valence-electron chi connectivity index (χ3n) is 5.24. The molecule has 160 valence electrons. The highest BCUT2D eigenvalue weighted by Crippen LogP contribution is 2.21. The zero-order valence-corrected chi connectivity index (χ0v) is 20.4. The molecule has 0 fully saturated rings. The Morgan fingerprint density at radius 1 is 1.00 bits per heavy atom. The maximum Gasteiger partial charge on any atom is 0.191 e. The van der Waals surface area contributed by atoms with Gasteiger partial charge in [-0.25, -0.2) is 4.99 Å². The Hall–Kier alpha value is -1.67. The molecule has 0 saturated carbocycles. The molecule has 1 atom stereocenters. The summed E-state index contributed by atoms with van der Waals surface area (Å²) in [4.78, 5) is 9.05. The minimum atomic E-state index is -0.00353. The third-order valence-corrected chi connectivity index (χ3v) is 5.24. The minimum Gasteiger partial charge on any atom is -0.357 e. The van der Waals surface area contributed by atoms with Gasteiger partial charge in [0.25, 0.3) is 0 Å². The van der Waals surface area contributed by atoms with Gasteiger partial charge in [-0.15, -0.1) is 24.0 Å². The Labute approximate surface area is 193 Å². The second kappa shape index (κ2) is 13.5. The van der Waals surface area contributed by atoms with Gasteiger partial charge in [0, 0.05) is 30.9 Å². The van der Waals surface area contributed by atoms with E-state index in [9.17, 15) is 0 Å². The van der Waals surface area contributed by atoms with Crippen LogP contribution in [-0.4, -0.2) is 29.6 Å². The summed E-state index contributed by atoms with van der Waals surface area (Å²) < 4.78 is 0. The van der Waals surface area contributed by atoms with Crippen molar-refractivity contribution in [2.24, 2.45) is 4.99 Å². The quantitative estimate of drug-likeness (QED) is 0.248. The molecule has 0 spiro atoms. The van der Waals surface area contributed by atoms with Crippen LogP contribution in [0, 0.1) is 0 Å². The normalized spacial score (nSPS) is 12.8. The van der Waals surface area contributed by atoms with Crippen molar-refractivity contribution in [3.8, 4) is 0 Å². The highest BCUT2D eigenvalue weighted by molar-refractivity contribution is 14.0. The van der Waals surface area contributed by atoms with Crippen molar-refractivity contribution in [2.45, 2.75) is 58.7 Å². The molecule has 6 heteroatoms. The first-order chi connectivity index (χ1) is 13.6. The number of pyridine rings is 1. The molecule has 1 heterocycles. The SMILES string of the molecule is CCNC(=NCc1ccccn1)NCC(CC)(CC)NC(C)c1ccccc1.I. The highest BCUT2D eigenvalue weighted by Gasteiger charge is 2.28. The van der Waals surface area contributed by atoms with Crippen molar-refractivity contribution in [3.05, 3.63) is 66.0 Å². The Morgan fingerprint density at radius 2 is 1.69 bits per heavy atom. The first kappa shape index (κ1) is 25.4. The van der Waals surface area contributed by atoms with E-state index in [0.29, 0.717) is 6.54 Å². The smallest absolute Gasteiger partial charge is 0.191 e. The number of benzene rings is 1. The Balaban J connectivity index is 0.00000420. The fourth-order valence-corrected chi connectivity index (χ4v) is 3.29. The number of rotatable bonds is 10. The zero-order chi connectivity index (χ0) is 20.2. The molecule has 2 aromatic rings. The third kappa shape index (κ3) is 8.30. The lowest BCUT2D eigenvalue weighted by Crippen LogP contribution is -2.55. The van der Waals surface area contributed by atoms with E-state index in [-0.39, 0.29) is 35.6 Å². The summed E-state index contributed by atoms with van der Waals surface area (Å²) in [5.41, 5.74) is 2.27. The summed E-state index contributed by atoms with van der Waals surface area (Å²) in [6, 6.07) is 16.8. The molecule has 1 unspecified atom stereocenters. The summed E-state index contributed by atoms with van der Waals surface area (Å²) in [5.74, 6) is 0.827. The maximum absolute atomic E-state index is 4.70. The molecule has 5 nitrogen and oxygen atoms in total. The first-order valence-electron chi connectivity index (χ1n) is 10.4. The van der Waals surface area contributed by atoms with E-state index in [1.54, 1.807) is 6.20 Å². The molecule has 0 saturated heterocycles. The standard InChI is InChI=1S/C23H35N5.HI/c1-5-23(6-2,28-19(4)20-13-9-8-10-14-20)18-27-22(24-7-3)26-17-21-15-11-12-16-25-21;/h8-16,19,28H,5-7,17-18H2,1-4H3,(H2,24,26,27);1H. The van der Waals surface area contributed by atoms with Gasteiger partial charge in [0.2, 0.25) is 0 Å².